The molecule has 0 aromatic heterocycles. The third-order valence-electron chi connectivity index (χ3n) is 2.54. The first kappa shape index (κ1) is 11.4. The molecular weight excluding hydrogens is 226 g/mol. The zero-order valence-electron chi connectivity index (χ0n) is 9.05. The van der Waals surface area contributed by atoms with Crippen LogP contribution < -0.4 is 10.3 Å². The van der Waals surface area contributed by atoms with Gasteiger partial charge in [-0.3, -0.25) is 0 Å². The van der Waals surface area contributed by atoms with Crippen molar-refractivity contribution in [2.24, 2.45) is 0 Å². The van der Waals surface area contributed by atoms with Crippen LogP contribution >= 0.6 is 0 Å². The van der Waals surface area contributed by atoms with E-state index in [1.165, 1.54) is 4.31 Å². The van der Waals surface area contributed by atoms with E-state index < -0.39 is 10.2 Å². The molecule has 0 unspecified atom stereocenters. The van der Waals surface area contributed by atoms with E-state index in [0.717, 1.165) is 18.5 Å². The number of benzene rings is 1. The quantitative estimate of drug-likeness (QED) is 0.754. The van der Waals surface area contributed by atoms with Crippen molar-refractivity contribution in [3.63, 3.8) is 0 Å². The monoisotopic (exact) mass is 241 g/mol. The van der Waals surface area contributed by atoms with Crippen molar-refractivity contribution in [1.29, 1.82) is 0 Å². The topological polar surface area (TPSA) is 61.4 Å². The van der Waals surface area contributed by atoms with Crippen molar-refractivity contribution in [2.45, 2.75) is 18.9 Å². The van der Waals surface area contributed by atoms with Crippen LogP contribution in [0.4, 0.5) is 5.69 Å². The maximum absolute atomic E-state index is 11.7. The van der Waals surface area contributed by atoms with Crippen LogP contribution in [0.15, 0.2) is 30.3 Å². The number of hydrogen-bond donors (Lipinski definition) is 2. The fraction of sp³-hybridized carbons (Fsp3) is 0.400. The van der Waals surface area contributed by atoms with E-state index in [-0.39, 0.29) is 6.04 Å². The van der Waals surface area contributed by atoms with Gasteiger partial charge < -0.3 is 5.43 Å². The van der Waals surface area contributed by atoms with Gasteiger partial charge >= 0.3 is 0 Å². The predicted molar refractivity (Wildman–Crippen MR) is 62.9 cm³/mol. The lowest BCUT2D eigenvalue weighted by atomic mass is 10.3. The van der Waals surface area contributed by atoms with Gasteiger partial charge in [0.1, 0.15) is 0 Å². The summed E-state index contributed by atoms with van der Waals surface area (Å²) in [4.78, 5) is 2.34. The molecular formula is C10H15N3O2S. The molecule has 0 aliphatic heterocycles. The highest BCUT2D eigenvalue weighted by Crippen LogP contribution is 2.26. The molecule has 1 saturated carbocycles. The van der Waals surface area contributed by atoms with Crippen molar-refractivity contribution in [3.05, 3.63) is 30.3 Å². The van der Waals surface area contributed by atoms with Crippen molar-refractivity contribution in [2.75, 3.05) is 12.5 Å². The number of nitrogens with zero attached hydrogens (tertiary/aromatic N) is 1. The second-order valence-corrected chi connectivity index (χ2v) is 5.58. The molecule has 16 heavy (non-hydrogen) atoms. The molecule has 0 bridgehead atoms. The Kier molecular flexibility index (Phi) is 3.13. The molecule has 1 aromatic carbocycles. The standard InChI is InChI=1S/C10H15N3O2S/c1-13(10-7-8-10)16(14,15)12-11-9-5-3-2-4-6-9/h2-6,10-12H,7-8H2,1H3. The second kappa shape index (κ2) is 4.40. The molecule has 0 amide bonds. The number of para-hydroxylation sites is 1. The molecule has 1 fully saturated rings. The van der Waals surface area contributed by atoms with Gasteiger partial charge in [-0.1, -0.05) is 18.2 Å². The van der Waals surface area contributed by atoms with Gasteiger partial charge in [0.05, 0.1) is 0 Å². The number of hydrogen-bond acceptors (Lipinski definition) is 3. The van der Waals surface area contributed by atoms with Crippen LogP contribution in [-0.4, -0.2) is 25.8 Å². The normalized spacial score (nSPS) is 16.4. The SMILES string of the molecule is CN(C1CC1)S(=O)(=O)NNc1ccccc1. The molecule has 0 heterocycles. The third-order valence-corrected chi connectivity index (χ3v) is 3.95. The van der Waals surface area contributed by atoms with Gasteiger partial charge in [0.2, 0.25) is 0 Å². The Morgan fingerprint density at radius 3 is 2.44 bits per heavy atom. The fourth-order valence-electron chi connectivity index (χ4n) is 1.35. The van der Waals surface area contributed by atoms with Crippen molar-refractivity contribution >= 4 is 15.9 Å². The molecule has 1 aromatic rings. The summed E-state index contributed by atoms with van der Waals surface area (Å²) in [7, 11) is -1.83. The minimum atomic E-state index is -3.42. The minimum Gasteiger partial charge on any atom is -0.307 e. The van der Waals surface area contributed by atoms with Crippen LogP contribution in [0.25, 0.3) is 0 Å². The Balaban J connectivity index is 1.94. The summed E-state index contributed by atoms with van der Waals surface area (Å²) in [6, 6.07) is 9.28. The van der Waals surface area contributed by atoms with Crippen LogP contribution in [-0.2, 0) is 10.2 Å². The average molecular weight is 241 g/mol. The van der Waals surface area contributed by atoms with Gasteiger partial charge in [0.25, 0.3) is 10.2 Å². The molecule has 0 atom stereocenters. The Bertz CT molecular complexity index is 442. The Hall–Kier alpha value is -1.11. The lowest BCUT2D eigenvalue weighted by molar-refractivity contribution is 0.457. The maximum Gasteiger partial charge on any atom is 0.296 e. The van der Waals surface area contributed by atoms with E-state index in [2.05, 4.69) is 10.3 Å². The van der Waals surface area contributed by atoms with E-state index in [0.29, 0.717) is 0 Å². The number of anilines is 1. The molecule has 6 heteroatoms. The van der Waals surface area contributed by atoms with E-state index in [1.807, 2.05) is 18.2 Å². The van der Waals surface area contributed by atoms with Crippen LogP contribution in [0.3, 0.4) is 0 Å². The second-order valence-electron chi connectivity index (χ2n) is 3.85. The van der Waals surface area contributed by atoms with Gasteiger partial charge in [0, 0.05) is 18.8 Å². The number of nitrogens with one attached hydrogen (secondary N) is 2. The Morgan fingerprint density at radius 2 is 1.88 bits per heavy atom. The van der Waals surface area contributed by atoms with Gasteiger partial charge in [-0.25, -0.2) is 0 Å². The average Bonchev–Trinajstić information content (AvgIpc) is 3.11. The van der Waals surface area contributed by atoms with Crippen molar-refractivity contribution < 1.29 is 8.42 Å². The van der Waals surface area contributed by atoms with Crippen molar-refractivity contribution in [3.8, 4) is 0 Å². The maximum atomic E-state index is 11.7. The van der Waals surface area contributed by atoms with Crippen LogP contribution in [0.5, 0.6) is 0 Å². The molecule has 1 aliphatic rings. The van der Waals surface area contributed by atoms with Crippen molar-refractivity contribution in [1.82, 2.24) is 9.14 Å². The molecule has 2 N–H and O–H groups in total. The van der Waals surface area contributed by atoms with Gasteiger partial charge in [-0.05, 0) is 25.0 Å². The Labute approximate surface area is 95.6 Å². The summed E-state index contributed by atoms with van der Waals surface area (Å²) in [5.74, 6) is 0. The Morgan fingerprint density at radius 1 is 1.25 bits per heavy atom. The van der Waals surface area contributed by atoms with Gasteiger partial charge in [-0.15, -0.1) is 4.83 Å². The lowest BCUT2D eigenvalue weighted by Crippen LogP contribution is -2.42. The summed E-state index contributed by atoms with van der Waals surface area (Å²) in [5, 5.41) is 0. The largest absolute Gasteiger partial charge is 0.307 e. The zero-order chi connectivity index (χ0) is 11.6. The van der Waals surface area contributed by atoms with E-state index in [1.54, 1.807) is 19.2 Å². The molecule has 88 valence electrons. The number of rotatable bonds is 5. The summed E-state index contributed by atoms with van der Waals surface area (Å²) in [6.07, 6.45) is 1.89. The highest BCUT2D eigenvalue weighted by atomic mass is 32.2. The molecule has 5 nitrogen and oxygen atoms in total. The highest BCUT2D eigenvalue weighted by molar-refractivity contribution is 7.87. The van der Waals surface area contributed by atoms with E-state index >= 15 is 0 Å². The minimum absolute atomic E-state index is 0.162. The molecule has 0 spiro atoms. The van der Waals surface area contributed by atoms with Crippen LogP contribution in [0.2, 0.25) is 0 Å². The first-order chi connectivity index (χ1) is 7.59. The lowest BCUT2D eigenvalue weighted by Gasteiger charge is -2.17. The highest BCUT2D eigenvalue weighted by Gasteiger charge is 2.33. The first-order valence-corrected chi connectivity index (χ1v) is 6.59. The first-order valence-electron chi connectivity index (χ1n) is 5.15. The van der Waals surface area contributed by atoms with Crippen LogP contribution in [0.1, 0.15) is 12.8 Å². The van der Waals surface area contributed by atoms with E-state index in [9.17, 15) is 8.42 Å². The van der Waals surface area contributed by atoms with Crippen LogP contribution in [0, 0.1) is 0 Å². The van der Waals surface area contributed by atoms with E-state index in [4.69, 9.17) is 0 Å². The fourth-order valence-corrected chi connectivity index (χ4v) is 2.35. The van der Waals surface area contributed by atoms with Gasteiger partial charge in [0.15, 0.2) is 0 Å². The predicted octanol–water partition coefficient (Wildman–Crippen LogP) is 0.942. The number of hydrazine groups is 1. The summed E-state index contributed by atoms with van der Waals surface area (Å²) in [5.41, 5.74) is 3.39. The third kappa shape index (κ3) is 2.72. The summed E-state index contributed by atoms with van der Waals surface area (Å²) >= 11 is 0. The smallest absolute Gasteiger partial charge is 0.296 e. The molecule has 0 saturated heterocycles. The zero-order valence-corrected chi connectivity index (χ0v) is 9.87. The summed E-state index contributed by atoms with van der Waals surface area (Å²) < 4.78 is 24.8. The molecule has 1 aliphatic carbocycles. The molecule has 2 rings (SSSR count). The summed E-state index contributed by atoms with van der Waals surface area (Å²) in [6.45, 7) is 0. The molecule has 0 radical (unpaired) electrons. The van der Waals surface area contributed by atoms with Gasteiger partial charge in [-0.2, -0.15) is 12.7 Å².